The fourth-order valence-corrected chi connectivity index (χ4v) is 1.92. The molecule has 0 aromatic heterocycles. The largest absolute Gasteiger partial charge is 0.370 e. The molecule has 0 N–H and O–H groups in total. The molecule has 0 amide bonds. The lowest BCUT2D eigenvalue weighted by Gasteiger charge is -2.16. The molecule has 1 saturated carbocycles. The maximum absolute atomic E-state index is 10.3. The average molecular weight is 141 g/mol. The maximum atomic E-state index is 10.3. The van der Waals surface area contributed by atoms with Crippen molar-refractivity contribution in [3.63, 3.8) is 0 Å². The second kappa shape index (κ2) is 2.51. The summed E-state index contributed by atoms with van der Waals surface area (Å²) in [5, 5.41) is 10.3. The molecule has 1 saturated heterocycles. The Labute approximate surface area is 61.2 Å². The van der Waals surface area contributed by atoms with Crippen molar-refractivity contribution in [1.82, 2.24) is 0 Å². The van der Waals surface area contributed by atoms with Crippen LogP contribution in [-0.2, 0) is 9.84 Å². The van der Waals surface area contributed by atoms with Gasteiger partial charge in [-0.1, -0.05) is 0 Å². The molecular weight excluding hydrogens is 128 g/mol. The lowest BCUT2D eigenvalue weighted by molar-refractivity contribution is 0.161. The van der Waals surface area contributed by atoms with Crippen LogP contribution in [0.1, 0.15) is 25.7 Å². The van der Waals surface area contributed by atoms with Crippen molar-refractivity contribution < 1.29 is 9.84 Å². The molecule has 2 heteroatoms. The average Bonchev–Trinajstić information content (AvgIpc) is 2.66. The Morgan fingerprint density at radius 3 is 2.90 bits per heavy atom. The van der Waals surface area contributed by atoms with Crippen molar-refractivity contribution in [2.45, 2.75) is 37.9 Å². The topological polar surface area (TPSA) is 32.4 Å². The lowest BCUT2D eigenvalue weighted by atomic mass is 9.87. The highest BCUT2D eigenvalue weighted by Crippen LogP contribution is 2.40. The van der Waals surface area contributed by atoms with Gasteiger partial charge >= 0.3 is 0 Å². The molecule has 0 aromatic rings. The normalized spacial score (nSPS) is 44.7. The summed E-state index contributed by atoms with van der Waals surface area (Å²) in [5.41, 5.74) is 0. The molecule has 57 valence electrons. The summed E-state index contributed by atoms with van der Waals surface area (Å²) in [6.07, 6.45) is 5.59. The van der Waals surface area contributed by atoms with Gasteiger partial charge in [-0.2, -0.15) is 0 Å². The van der Waals surface area contributed by atoms with Gasteiger partial charge in [0, 0.05) is 0 Å². The van der Waals surface area contributed by atoms with E-state index in [9.17, 15) is 5.11 Å². The number of rotatable bonds is 2. The highest BCUT2D eigenvalue weighted by molar-refractivity contribution is 4.91. The second-order valence-electron chi connectivity index (χ2n) is 3.38. The van der Waals surface area contributed by atoms with Crippen LogP contribution in [-0.4, -0.2) is 18.8 Å². The van der Waals surface area contributed by atoms with Crippen LogP contribution in [0.3, 0.4) is 0 Å². The monoisotopic (exact) mass is 141 g/mol. The third kappa shape index (κ3) is 1.18. The van der Waals surface area contributed by atoms with Gasteiger partial charge in [0.2, 0.25) is 0 Å². The fourth-order valence-electron chi connectivity index (χ4n) is 1.92. The van der Waals surface area contributed by atoms with E-state index in [-0.39, 0.29) is 6.61 Å². The van der Waals surface area contributed by atoms with Gasteiger partial charge in [0.1, 0.15) is 0 Å². The Bertz CT molecular complexity index is 124. The number of ether oxygens (including phenoxy) is 1. The molecule has 0 spiro atoms. The lowest BCUT2D eigenvalue weighted by Crippen LogP contribution is -2.14. The Hall–Kier alpha value is -0.0800. The van der Waals surface area contributed by atoms with E-state index in [4.69, 9.17) is 4.74 Å². The summed E-state index contributed by atoms with van der Waals surface area (Å²) in [6.45, 7) is 0.0993. The van der Waals surface area contributed by atoms with Crippen molar-refractivity contribution in [3.05, 3.63) is 0 Å². The van der Waals surface area contributed by atoms with Crippen molar-refractivity contribution in [2.75, 3.05) is 6.61 Å². The molecule has 1 aliphatic carbocycles. The van der Waals surface area contributed by atoms with Crippen LogP contribution in [0.15, 0.2) is 0 Å². The van der Waals surface area contributed by atoms with Crippen molar-refractivity contribution in [1.29, 1.82) is 0 Å². The van der Waals surface area contributed by atoms with Crippen LogP contribution in [0.2, 0.25) is 0 Å². The van der Waals surface area contributed by atoms with Crippen molar-refractivity contribution >= 4 is 0 Å². The SMILES string of the molecule is [O]CCC1CCC2OC2C1. The molecule has 3 unspecified atom stereocenters. The standard InChI is InChI=1S/C8H13O2/c9-4-3-6-1-2-7-8(5-6)10-7/h6-8H,1-5H2. The minimum absolute atomic E-state index is 0.0993. The molecule has 1 radical (unpaired) electrons. The summed E-state index contributed by atoms with van der Waals surface area (Å²) in [4.78, 5) is 0. The highest BCUT2D eigenvalue weighted by Gasteiger charge is 2.43. The maximum Gasteiger partial charge on any atom is 0.0844 e. The molecule has 0 bridgehead atoms. The highest BCUT2D eigenvalue weighted by atomic mass is 16.6. The van der Waals surface area contributed by atoms with Crippen LogP contribution in [0.5, 0.6) is 0 Å². The van der Waals surface area contributed by atoms with Crippen LogP contribution in [0.4, 0.5) is 0 Å². The van der Waals surface area contributed by atoms with Gasteiger partial charge in [0.05, 0.1) is 18.8 Å². The van der Waals surface area contributed by atoms with Crippen molar-refractivity contribution in [3.8, 4) is 0 Å². The van der Waals surface area contributed by atoms with Crippen LogP contribution >= 0.6 is 0 Å². The smallest absolute Gasteiger partial charge is 0.0844 e. The van der Waals surface area contributed by atoms with Gasteiger partial charge in [0.15, 0.2) is 0 Å². The molecular formula is C8H13O2. The second-order valence-corrected chi connectivity index (χ2v) is 3.38. The van der Waals surface area contributed by atoms with E-state index in [0.717, 1.165) is 12.8 Å². The molecule has 3 atom stereocenters. The Kier molecular flexibility index (Phi) is 1.66. The number of epoxide rings is 1. The predicted molar refractivity (Wildman–Crippen MR) is 36.2 cm³/mol. The van der Waals surface area contributed by atoms with Gasteiger partial charge in [-0.15, -0.1) is 0 Å². The van der Waals surface area contributed by atoms with Crippen LogP contribution in [0.25, 0.3) is 0 Å². The number of hydrogen-bond donors (Lipinski definition) is 0. The molecule has 2 aliphatic rings. The summed E-state index contributed by atoms with van der Waals surface area (Å²) in [5.74, 6) is 0.682. The summed E-state index contributed by atoms with van der Waals surface area (Å²) in [7, 11) is 0. The molecule has 1 aliphatic heterocycles. The Balaban J connectivity index is 1.77. The summed E-state index contributed by atoms with van der Waals surface area (Å²) >= 11 is 0. The first kappa shape index (κ1) is 6.62. The van der Waals surface area contributed by atoms with Crippen molar-refractivity contribution in [2.24, 2.45) is 5.92 Å². The summed E-state index contributed by atoms with van der Waals surface area (Å²) in [6, 6.07) is 0. The number of fused-ring (bicyclic) bond motifs is 1. The molecule has 1 heterocycles. The first-order chi connectivity index (χ1) is 4.90. The van der Waals surface area contributed by atoms with Crippen LogP contribution < -0.4 is 0 Å². The quantitative estimate of drug-likeness (QED) is 0.534. The molecule has 2 nitrogen and oxygen atoms in total. The van der Waals surface area contributed by atoms with E-state index in [1.54, 1.807) is 0 Å². The zero-order valence-corrected chi connectivity index (χ0v) is 6.08. The summed E-state index contributed by atoms with van der Waals surface area (Å²) < 4.78 is 5.35. The van der Waals surface area contributed by atoms with E-state index in [0.29, 0.717) is 18.1 Å². The van der Waals surface area contributed by atoms with Gasteiger partial charge in [0.25, 0.3) is 0 Å². The third-order valence-electron chi connectivity index (χ3n) is 2.64. The van der Waals surface area contributed by atoms with Gasteiger partial charge in [-0.3, -0.25) is 0 Å². The van der Waals surface area contributed by atoms with E-state index in [2.05, 4.69) is 0 Å². The zero-order chi connectivity index (χ0) is 6.97. The molecule has 2 rings (SSSR count). The minimum atomic E-state index is 0.0993. The Morgan fingerprint density at radius 2 is 2.20 bits per heavy atom. The van der Waals surface area contributed by atoms with E-state index in [1.807, 2.05) is 0 Å². The van der Waals surface area contributed by atoms with E-state index < -0.39 is 0 Å². The predicted octanol–water partition coefficient (Wildman–Crippen LogP) is 1.37. The van der Waals surface area contributed by atoms with Crippen LogP contribution in [0, 0.1) is 5.92 Å². The first-order valence-electron chi connectivity index (χ1n) is 4.13. The van der Waals surface area contributed by atoms with Gasteiger partial charge in [-0.25, -0.2) is 5.11 Å². The third-order valence-corrected chi connectivity index (χ3v) is 2.64. The van der Waals surface area contributed by atoms with E-state index >= 15 is 0 Å². The fraction of sp³-hybridized carbons (Fsp3) is 1.00. The zero-order valence-electron chi connectivity index (χ0n) is 6.08. The molecule has 0 aromatic carbocycles. The minimum Gasteiger partial charge on any atom is -0.370 e. The molecule has 2 fully saturated rings. The van der Waals surface area contributed by atoms with E-state index in [1.165, 1.54) is 12.8 Å². The van der Waals surface area contributed by atoms with Gasteiger partial charge < -0.3 is 4.74 Å². The first-order valence-corrected chi connectivity index (χ1v) is 4.13. The Morgan fingerprint density at radius 1 is 1.30 bits per heavy atom. The number of hydrogen-bond acceptors (Lipinski definition) is 1. The molecule has 10 heavy (non-hydrogen) atoms. The van der Waals surface area contributed by atoms with Gasteiger partial charge in [-0.05, 0) is 31.6 Å².